The number of aryl methyl sites for hydroxylation is 1. The van der Waals surface area contributed by atoms with Gasteiger partial charge in [-0.05, 0) is 49.6 Å². The first-order valence-corrected chi connectivity index (χ1v) is 11.0. The van der Waals surface area contributed by atoms with Crippen LogP contribution in [-0.4, -0.2) is 44.1 Å². The van der Waals surface area contributed by atoms with Gasteiger partial charge in [0.15, 0.2) is 0 Å². The van der Waals surface area contributed by atoms with Crippen LogP contribution in [0.15, 0.2) is 65.6 Å². The summed E-state index contributed by atoms with van der Waals surface area (Å²) in [5.41, 5.74) is 3.54. The number of hydrogen-bond acceptors (Lipinski definition) is 4. The molecule has 2 heterocycles. The third-order valence-corrected chi connectivity index (χ3v) is 5.66. The van der Waals surface area contributed by atoms with E-state index in [1.165, 1.54) is 22.9 Å². The van der Waals surface area contributed by atoms with Crippen LogP contribution in [0.2, 0.25) is 0 Å². The maximum absolute atomic E-state index is 13.4. The molecule has 7 nitrogen and oxygen atoms in total. The van der Waals surface area contributed by atoms with Crippen molar-refractivity contribution in [2.24, 2.45) is 0 Å². The van der Waals surface area contributed by atoms with Gasteiger partial charge in [-0.1, -0.05) is 30.7 Å². The van der Waals surface area contributed by atoms with Crippen molar-refractivity contribution in [3.05, 3.63) is 82.7 Å². The summed E-state index contributed by atoms with van der Waals surface area (Å²) in [6, 6.07) is 15.6. The van der Waals surface area contributed by atoms with Crippen LogP contribution in [-0.2, 0) is 17.8 Å². The first-order chi connectivity index (χ1) is 16.0. The first kappa shape index (κ1) is 22.4. The summed E-state index contributed by atoms with van der Waals surface area (Å²) in [7, 11) is 1.76. The van der Waals surface area contributed by atoms with E-state index in [4.69, 9.17) is 0 Å². The quantitative estimate of drug-likeness (QED) is 0.396. The Hall–Kier alpha value is -3.81. The van der Waals surface area contributed by atoms with Gasteiger partial charge in [-0.3, -0.25) is 19.3 Å². The van der Waals surface area contributed by atoms with E-state index < -0.39 is 0 Å². The summed E-state index contributed by atoms with van der Waals surface area (Å²) in [5.74, 6) is -0.389. The van der Waals surface area contributed by atoms with E-state index in [9.17, 15) is 14.0 Å². The van der Waals surface area contributed by atoms with Crippen molar-refractivity contribution in [3.8, 4) is 11.3 Å². The molecule has 1 amide bonds. The van der Waals surface area contributed by atoms with Crippen LogP contribution < -0.4 is 5.56 Å². The number of carbonyl (C=O) groups excluding carboxylic acids is 1. The number of benzene rings is 2. The van der Waals surface area contributed by atoms with Crippen molar-refractivity contribution in [1.82, 2.24) is 24.6 Å². The average Bonchev–Trinajstić information content (AvgIpc) is 3.29. The Balaban J connectivity index is 1.23. The summed E-state index contributed by atoms with van der Waals surface area (Å²) in [5, 5.41) is 7.28. The molecule has 2 aromatic carbocycles. The van der Waals surface area contributed by atoms with Crippen LogP contribution in [0.5, 0.6) is 0 Å². The molecule has 0 radical (unpaired) electrons. The number of hydrogen-bond donors (Lipinski definition) is 1. The zero-order valence-corrected chi connectivity index (χ0v) is 18.5. The second-order valence-corrected chi connectivity index (χ2v) is 8.09. The molecule has 2 aromatic heterocycles. The van der Waals surface area contributed by atoms with Crippen molar-refractivity contribution in [2.75, 3.05) is 13.6 Å². The molecule has 0 fully saturated rings. The number of rotatable bonds is 9. The summed E-state index contributed by atoms with van der Waals surface area (Å²) in [6.07, 6.45) is 4.84. The second kappa shape index (κ2) is 10.2. The molecular formula is C25H26FN5O2. The summed E-state index contributed by atoms with van der Waals surface area (Å²) in [4.78, 5) is 30.7. The monoisotopic (exact) mass is 447 g/mol. The van der Waals surface area contributed by atoms with E-state index in [1.807, 2.05) is 30.3 Å². The lowest BCUT2D eigenvalue weighted by molar-refractivity contribution is -0.130. The zero-order chi connectivity index (χ0) is 23.2. The molecule has 0 aliphatic rings. The highest BCUT2D eigenvalue weighted by Crippen LogP contribution is 2.19. The zero-order valence-electron chi connectivity index (χ0n) is 18.5. The fourth-order valence-corrected chi connectivity index (χ4v) is 3.79. The molecule has 0 spiro atoms. The lowest BCUT2D eigenvalue weighted by Crippen LogP contribution is -2.34. The van der Waals surface area contributed by atoms with Gasteiger partial charge >= 0.3 is 0 Å². The van der Waals surface area contributed by atoms with Gasteiger partial charge in [0.05, 0.1) is 22.9 Å². The normalized spacial score (nSPS) is 11.1. The molecule has 0 saturated heterocycles. The van der Waals surface area contributed by atoms with Gasteiger partial charge < -0.3 is 4.90 Å². The van der Waals surface area contributed by atoms with Gasteiger partial charge in [0.1, 0.15) is 12.4 Å². The molecule has 170 valence electrons. The van der Waals surface area contributed by atoms with E-state index >= 15 is 0 Å². The number of aromatic nitrogens is 4. The van der Waals surface area contributed by atoms with Gasteiger partial charge in [-0.25, -0.2) is 9.37 Å². The predicted octanol–water partition coefficient (Wildman–Crippen LogP) is 3.80. The number of aromatic amines is 1. The van der Waals surface area contributed by atoms with E-state index in [0.29, 0.717) is 17.6 Å². The molecule has 0 bridgehead atoms. The van der Waals surface area contributed by atoms with E-state index in [-0.39, 0.29) is 23.8 Å². The third-order valence-electron chi connectivity index (χ3n) is 5.66. The maximum Gasteiger partial charge on any atom is 0.269 e. The molecule has 1 N–H and O–H groups in total. The lowest BCUT2D eigenvalue weighted by atomic mass is 10.1. The molecule has 0 atom stereocenters. The smallest absolute Gasteiger partial charge is 0.269 e. The van der Waals surface area contributed by atoms with Crippen molar-refractivity contribution in [1.29, 1.82) is 0 Å². The Morgan fingerprint density at radius 1 is 1.09 bits per heavy atom. The molecule has 33 heavy (non-hydrogen) atoms. The highest BCUT2D eigenvalue weighted by atomic mass is 19.1. The van der Waals surface area contributed by atoms with Crippen molar-refractivity contribution in [2.45, 2.75) is 32.2 Å². The number of halogens is 1. The average molecular weight is 448 g/mol. The Morgan fingerprint density at radius 2 is 1.94 bits per heavy atom. The molecule has 0 saturated carbocycles. The van der Waals surface area contributed by atoms with Gasteiger partial charge in [0, 0.05) is 24.8 Å². The predicted molar refractivity (Wildman–Crippen MR) is 125 cm³/mol. The largest absolute Gasteiger partial charge is 0.344 e. The van der Waals surface area contributed by atoms with Crippen LogP contribution >= 0.6 is 0 Å². The van der Waals surface area contributed by atoms with Crippen LogP contribution in [0.4, 0.5) is 4.39 Å². The SMILES string of the molecule is CN(CCCCCc1cc(-c2cccc(F)c2)n[nH]1)C(=O)Cn1c(=O)cnc2ccccc21. The Labute approximate surface area is 190 Å². The minimum absolute atomic E-state index is 0.00459. The van der Waals surface area contributed by atoms with E-state index in [0.717, 1.165) is 42.6 Å². The third kappa shape index (κ3) is 5.52. The van der Waals surface area contributed by atoms with Gasteiger partial charge in [-0.15, -0.1) is 0 Å². The Kier molecular flexibility index (Phi) is 6.92. The number of H-pyrrole nitrogens is 1. The molecule has 0 unspecified atom stereocenters. The molecule has 8 heteroatoms. The number of para-hydroxylation sites is 2. The number of nitrogens with one attached hydrogen (secondary N) is 1. The van der Waals surface area contributed by atoms with Crippen molar-refractivity contribution in [3.63, 3.8) is 0 Å². The number of carbonyl (C=O) groups is 1. The van der Waals surface area contributed by atoms with E-state index in [2.05, 4.69) is 15.2 Å². The molecule has 0 aliphatic heterocycles. The Morgan fingerprint density at radius 3 is 2.79 bits per heavy atom. The standard InChI is InChI=1S/C25H26FN5O2/c1-30(25(33)17-31-23-12-5-4-11-21(23)27-16-24(31)32)13-6-2-3-10-20-15-22(29-28-20)18-8-7-9-19(26)14-18/h4-5,7-9,11-12,14-16H,2-3,6,10,13,17H2,1H3,(H,28,29). The molecule has 4 rings (SSSR count). The second-order valence-electron chi connectivity index (χ2n) is 8.09. The van der Waals surface area contributed by atoms with Crippen molar-refractivity contribution < 1.29 is 9.18 Å². The number of fused-ring (bicyclic) bond motifs is 1. The van der Waals surface area contributed by atoms with Crippen LogP contribution in [0.3, 0.4) is 0 Å². The fraction of sp³-hybridized carbons (Fsp3) is 0.280. The number of likely N-dealkylation sites (N-methyl/N-ethyl adjacent to an activating group) is 1. The fourth-order valence-electron chi connectivity index (χ4n) is 3.79. The topological polar surface area (TPSA) is 83.9 Å². The van der Waals surface area contributed by atoms with E-state index in [1.54, 1.807) is 24.1 Å². The maximum atomic E-state index is 13.4. The lowest BCUT2D eigenvalue weighted by Gasteiger charge is -2.18. The highest BCUT2D eigenvalue weighted by Gasteiger charge is 2.13. The van der Waals surface area contributed by atoms with Crippen LogP contribution in [0.25, 0.3) is 22.3 Å². The molecule has 0 aliphatic carbocycles. The molecule has 4 aromatic rings. The van der Waals surface area contributed by atoms with Crippen molar-refractivity contribution >= 4 is 16.9 Å². The highest BCUT2D eigenvalue weighted by molar-refractivity contribution is 5.79. The summed E-state index contributed by atoms with van der Waals surface area (Å²) >= 11 is 0. The number of amides is 1. The number of nitrogens with zero attached hydrogens (tertiary/aromatic N) is 4. The Bertz CT molecular complexity index is 1310. The van der Waals surface area contributed by atoms with Gasteiger partial charge in [0.2, 0.25) is 5.91 Å². The van der Waals surface area contributed by atoms with Crippen LogP contribution in [0, 0.1) is 5.82 Å². The minimum atomic E-state index is -0.285. The van der Waals surface area contributed by atoms with Gasteiger partial charge in [-0.2, -0.15) is 5.10 Å². The summed E-state index contributed by atoms with van der Waals surface area (Å²) < 4.78 is 14.9. The number of unbranched alkanes of at least 4 members (excludes halogenated alkanes) is 2. The minimum Gasteiger partial charge on any atom is -0.344 e. The first-order valence-electron chi connectivity index (χ1n) is 11.0. The van der Waals surface area contributed by atoms with Crippen LogP contribution in [0.1, 0.15) is 25.0 Å². The van der Waals surface area contributed by atoms with Gasteiger partial charge in [0.25, 0.3) is 5.56 Å². The molecular weight excluding hydrogens is 421 g/mol. The summed E-state index contributed by atoms with van der Waals surface area (Å²) in [6.45, 7) is 0.615.